The maximum Gasteiger partial charge on any atom is 0.159 e. The van der Waals surface area contributed by atoms with Crippen molar-refractivity contribution < 1.29 is 4.79 Å². The van der Waals surface area contributed by atoms with Crippen LogP contribution < -0.4 is 0 Å². The van der Waals surface area contributed by atoms with Crippen molar-refractivity contribution in [1.29, 1.82) is 0 Å². The van der Waals surface area contributed by atoms with Crippen LogP contribution in [0.5, 0.6) is 0 Å². The molecule has 1 rings (SSSR count). The third kappa shape index (κ3) is 2.01. The molecule has 1 atom stereocenters. The van der Waals surface area contributed by atoms with E-state index in [1.807, 2.05) is 0 Å². The van der Waals surface area contributed by atoms with Crippen LogP contribution in [0.4, 0.5) is 0 Å². The second-order valence-electron chi connectivity index (χ2n) is 4.33. The first-order valence-electron chi connectivity index (χ1n) is 5.34. The summed E-state index contributed by atoms with van der Waals surface area (Å²) < 4.78 is 0. The minimum atomic E-state index is 0.394. The summed E-state index contributed by atoms with van der Waals surface area (Å²) in [5, 5.41) is 0. The van der Waals surface area contributed by atoms with Crippen LogP contribution in [-0.2, 0) is 4.79 Å². The molecule has 0 saturated heterocycles. The molecule has 0 radical (unpaired) electrons. The van der Waals surface area contributed by atoms with Gasteiger partial charge in [-0.05, 0) is 30.3 Å². The van der Waals surface area contributed by atoms with E-state index in [0.717, 1.165) is 24.8 Å². The van der Waals surface area contributed by atoms with E-state index in [0.29, 0.717) is 17.6 Å². The first-order valence-corrected chi connectivity index (χ1v) is 5.34. The molecular weight excluding hydrogens is 160 g/mol. The molecular formula is C12H20O. The van der Waals surface area contributed by atoms with Crippen molar-refractivity contribution in [3.63, 3.8) is 0 Å². The van der Waals surface area contributed by atoms with Crippen LogP contribution in [0.25, 0.3) is 0 Å². The van der Waals surface area contributed by atoms with Gasteiger partial charge in [-0.1, -0.05) is 33.3 Å². The zero-order valence-corrected chi connectivity index (χ0v) is 9.18. The molecule has 0 spiro atoms. The van der Waals surface area contributed by atoms with Crippen LogP contribution in [0.2, 0.25) is 0 Å². The Morgan fingerprint density at radius 2 is 1.85 bits per heavy atom. The fourth-order valence-electron chi connectivity index (χ4n) is 2.15. The largest absolute Gasteiger partial charge is 0.295 e. The van der Waals surface area contributed by atoms with Gasteiger partial charge < -0.3 is 0 Å². The number of rotatable bonds is 3. The molecule has 1 heteroatoms. The summed E-state index contributed by atoms with van der Waals surface area (Å²) in [4.78, 5) is 11.6. The SMILES string of the molecule is CC[C@@H](C)C1=C(C(C)C)C(=O)CC1. The Bertz CT molecular complexity index is 236. The van der Waals surface area contributed by atoms with Gasteiger partial charge in [0.05, 0.1) is 0 Å². The highest BCUT2D eigenvalue weighted by molar-refractivity contribution is 5.99. The molecule has 0 heterocycles. The van der Waals surface area contributed by atoms with Gasteiger partial charge >= 0.3 is 0 Å². The minimum absolute atomic E-state index is 0.394. The van der Waals surface area contributed by atoms with Crippen molar-refractivity contribution in [3.05, 3.63) is 11.1 Å². The van der Waals surface area contributed by atoms with E-state index in [9.17, 15) is 4.79 Å². The predicted octanol–water partition coefficient (Wildman–Crippen LogP) is 3.35. The predicted molar refractivity (Wildman–Crippen MR) is 55.6 cm³/mol. The molecule has 1 aliphatic rings. The first-order chi connectivity index (χ1) is 6.07. The number of Topliss-reactive ketones (excluding diaryl/α,β-unsaturated/α-hetero) is 1. The average Bonchev–Trinajstić information content (AvgIpc) is 2.45. The molecule has 0 N–H and O–H groups in total. The van der Waals surface area contributed by atoms with E-state index in [1.165, 1.54) is 5.57 Å². The smallest absolute Gasteiger partial charge is 0.159 e. The topological polar surface area (TPSA) is 17.1 Å². The molecule has 74 valence electrons. The molecule has 0 aromatic heterocycles. The summed E-state index contributed by atoms with van der Waals surface area (Å²) in [5.41, 5.74) is 2.57. The molecule has 0 aliphatic heterocycles. The highest BCUT2D eigenvalue weighted by Crippen LogP contribution is 2.34. The van der Waals surface area contributed by atoms with E-state index >= 15 is 0 Å². The standard InChI is InChI=1S/C12H20O/c1-5-9(4)10-6-7-11(13)12(10)8(2)3/h8-9H,5-7H2,1-4H3/t9-/m1/s1. The highest BCUT2D eigenvalue weighted by Gasteiger charge is 2.26. The Hall–Kier alpha value is -0.590. The summed E-state index contributed by atoms with van der Waals surface area (Å²) in [7, 11) is 0. The normalized spacial score (nSPS) is 20.2. The van der Waals surface area contributed by atoms with Crippen LogP contribution in [0, 0.1) is 11.8 Å². The third-order valence-electron chi connectivity index (χ3n) is 3.05. The zero-order valence-electron chi connectivity index (χ0n) is 9.18. The molecule has 0 saturated carbocycles. The lowest BCUT2D eigenvalue weighted by molar-refractivity contribution is -0.115. The number of carbonyl (C=O) groups is 1. The van der Waals surface area contributed by atoms with Gasteiger partial charge in [-0.15, -0.1) is 0 Å². The fourth-order valence-corrected chi connectivity index (χ4v) is 2.15. The summed E-state index contributed by atoms with van der Waals surface area (Å²) >= 11 is 0. The molecule has 1 nitrogen and oxygen atoms in total. The van der Waals surface area contributed by atoms with Gasteiger partial charge in [-0.25, -0.2) is 0 Å². The van der Waals surface area contributed by atoms with Crippen LogP contribution in [-0.4, -0.2) is 5.78 Å². The summed E-state index contributed by atoms with van der Waals surface area (Å²) in [5.74, 6) is 1.41. The van der Waals surface area contributed by atoms with E-state index < -0.39 is 0 Å². The van der Waals surface area contributed by atoms with Crippen molar-refractivity contribution in [2.24, 2.45) is 11.8 Å². The highest BCUT2D eigenvalue weighted by atomic mass is 16.1. The Morgan fingerprint density at radius 1 is 1.23 bits per heavy atom. The van der Waals surface area contributed by atoms with Crippen molar-refractivity contribution in [2.75, 3.05) is 0 Å². The number of hydrogen-bond donors (Lipinski definition) is 0. The zero-order chi connectivity index (χ0) is 10.0. The monoisotopic (exact) mass is 180 g/mol. The lowest BCUT2D eigenvalue weighted by atomic mass is 9.90. The van der Waals surface area contributed by atoms with E-state index in [2.05, 4.69) is 27.7 Å². The van der Waals surface area contributed by atoms with Crippen molar-refractivity contribution in [3.8, 4) is 0 Å². The molecule has 0 fully saturated rings. The van der Waals surface area contributed by atoms with Crippen LogP contribution in [0.15, 0.2) is 11.1 Å². The summed E-state index contributed by atoms with van der Waals surface area (Å²) in [6, 6.07) is 0. The van der Waals surface area contributed by atoms with Crippen molar-refractivity contribution in [1.82, 2.24) is 0 Å². The second kappa shape index (κ2) is 4.08. The average molecular weight is 180 g/mol. The Morgan fingerprint density at radius 3 is 2.31 bits per heavy atom. The third-order valence-corrected chi connectivity index (χ3v) is 3.05. The Labute approximate surface area is 81.2 Å². The molecule has 0 aromatic rings. The van der Waals surface area contributed by atoms with E-state index in [-0.39, 0.29) is 0 Å². The van der Waals surface area contributed by atoms with Gasteiger partial charge in [-0.2, -0.15) is 0 Å². The van der Waals surface area contributed by atoms with Gasteiger partial charge in [0.25, 0.3) is 0 Å². The van der Waals surface area contributed by atoms with Crippen LogP contribution >= 0.6 is 0 Å². The van der Waals surface area contributed by atoms with Crippen molar-refractivity contribution >= 4 is 5.78 Å². The maximum absolute atomic E-state index is 11.6. The van der Waals surface area contributed by atoms with Gasteiger partial charge in [0.1, 0.15) is 0 Å². The fraction of sp³-hybridized carbons (Fsp3) is 0.750. The number of ketones is 1. The molecule has 0 aromatic carbocycles. The second-order valence-corrected chi connectivity index (χ2v) is 4.33. The number of carbonyl (C=O) groups excluding carboxylic acids is 1. The summed E-state index contributed by atoms with van der Waals surface area (Å²) in [6.07, 6.45) is 2.92. The van der Waals surface area contributed by atoms with E-state index in [4.69, 9.17) is 0 Å². The lowest BCUT2D eigenvalue weighted by Crippen LogP contribution is -2.06. The van der Waals surface area contributed by atoms with Gasteiger partial charge in [0, 0.05) is 6.42 Å². The summed E-state index contributed by atoms with van der Waals surface area (Å²) in [6.45, 7) is 8.68. The maximum atomic E-state index is 11.6. The molecule has 13 heavy (non-hydrogen) atoms. The number of allylic oxidation sites excluding steroid dienone is 2. The minimum Gasteiger partial charge on any atom is -0.295 e. The Balaban J connectivity index is 2.95. The quantitative estimate of drug-likeness (QED) is 0.651. The van der Waals surface area contributed by atoms with Crippen molar-refractivity contribution in [2.45, 2.75) is 47.0 Å². The van der Waals surface area contributed by atoms with Crippen LogP contribution in [0.1, 0.15) is 47.0 Å². The molecule has 0 bridgehead atoms. The van der Waals surface area contributed by atoms with Gasteiger partial charge in [0.2, 0.25) is 0 Å². The first kappa shape index (κ1) is 10.5. The molecule has 0 unspecified atom stereocenters. The molecule has 1 aliphatic carbocycles. The van der Waals surface area contributed by atoms with E-state index in [1.54, 1.807) is 0 Å². The van der Waals surface area contributed by atoms with Crippen LogP contribution in [0.3, 0.4) is 0 Å². The number of hydrogen-bond acceptors (Lipinski definition) is 1. The lowest BCUT2D eigenvalue weighted by Gasteiger charge is -2.14. The van der Waals surface area contributed by atoms with Gasteiger partial charge in [-0.3, -0.25) is 4.79 Å². The van der Waals surface area contributed by atoms with Gasteiger partial charge in [0.15, 0.2) is 5.78 Å². The Kier molecular flexibility index (Phi) is 3.29. The molecule has 0 amide bonds.